The lowest BCUT2D eigenvalue weighted by Gasteiger charge is -2.20. The first-order chi connectivity index (χ1) is 10.0. The van der Waals surface area contributed by atoms with Crippen LogP contribution in [0.4, 0.5) is 5.69 Å². The Morgan fingerprint density at radius 1 is 1.19 bits per heavy atom. The highest BCUT2D eigenvalue weighted by molar-refractivity contribution is 9.10. The molecule has 2 aromatic carbocycles. The van der Waals surface area contributed by atoms with Crippen LogP contribution in [0.15, 0.2) is 40.9 Å². The van der Waals surface area contributed by atoms with Gasteiger partial charge in [-0.2, -0.15) is 0 Å². The highest BCUT2D eigenvalue weighted by Crippen LogP contribution is 2.33. The molecule has 0 spiro atoms. The van der Waals surface area contributed by atoms with Crippen LogP contribution in [0.5, 0.6) is 0 Å². The second-order valence-electron chi connectivity index (χ2n) is 5.03. The SMILES string of the molecule is O=C1CCc2cc(C(O)c3ccc(Cl)cc3Br)ccc2N1. The maximum atomic E-state index is 11.4. The number of aliphatic hydroxyl groups excluding tert-OH is 1. The van der Waals surface area contributed by atoms with E-state index in [1.165, 1.54) is 0 Å². The summed E-state index contributed by atoms with van der Waals surface area (Å²) in [5.41, 5.74) is 3.45. The molecule has 108 valence electrons. The molecule has 2 N–H and O–H groups in total. The molecule has 1 aliphatic heterocycles. The van der Waals surface area contributed by atoms with Crippen LogP contribution in [0.25, 0.3) is 0 Å². The van der Waals surface area contributed by atoms with Crippen LogP contribution in [0.1, 0.15) is 29.2 Å². The van der Waals surface area contributed by atoms with E-state index in [1.807, 2.05) is 18.2 Å². The number of hydrogen-bond acceptors (Lipinski definition) is 2. The van der Waals surface area contributed by atoms with Crippen LogP contribution in [-0.2, 0) is 11.2 Å². The lowest BCUT2D eigenvalue weighted by atomic mass is 9.95. The van der Waals surface area contributed by atoms with Gasteiger partial charge in [0.2, 0.25) is 5.91 Å². The molecule has 3 rings (SSSR count). The van der Waals surface area contributed by atoms with Gasteiger partial charge in [-0.05, 0) is 41.3 Å². The Labute approximate surface area is 136 Å². The Morgan fingerprint density at radius 3 is 2.76 bits per heavy atom. The van der Waals surface area contributed by atoms with E-state index in [-0.39, 0.29) is 5.91 Å². The molecule has 0 bridgehead atoms. The van der Waals surface area contributed by atoms with E-state index in [1.54, 1.807) is 18.2 Å². The Balaban J connectivity index is 1.95. The predicted molar refractivity (Wildman–Crippen MR) is 86.6 cm³/mol. The predicted octanol–water partition coefficient (Wildman–Crippen LogP) is 4.07. The first-order valence-corrected chi connectivity index (χ1v) is 7.77. The number of amides is 1. The van der Waals surface area contributed by atoms with Gasteiger partial charge in [-0.15, -0.1) is 0 Å². The van der Waals surface area contributed by atoms with E-state index in [0.717, 1.165) is 26.9 Å². The van der Waals surface area contributed by atoms with Gasteiger partial charge in [-0.1, -0.05) is 45.7 Å². The van der Waals surface area contributed by atoms with Gasteiger partial charge < -0.3 is 10.4 Å². The standard InChI is InChI=1S/C16H13BrClNO2/c17-13-8-11(18)3-4-12(13)16(21)10-1-5-14-9(7-10)2-6-15(20)19-14/h1,3-5,7-8,16,21H,2,6H2,(H,19,20). The first-order valence-electron chi connectivity index (χ1n) is 6.60. The lowest BCUT2D eigenvalue weighted by molar-refractivity contribution is -0.116. The minimum absolute atomic E-state index is 0.0382. The third-order valence-corrected chi connectivity index (χ3v) is 4.52. The van der Waals surface area contributed by atoms with Crippen LogP contribution < -0.4 is 5.32 Å². The van der Waals surface area contributed by atoms with Gasteiger partial charge in [0, 0.05) is 21.6 Å². The van der Waals surface area contributed by atoms with Crippen molar-refractivity contribution in [2.75, 3.05) is 5.32 Å². The molecule has 3 nitrogen and oxygen atoms in total. The molecule has 1 amide bonds. The second-order valence-corrected chi connectivity index (χ2v) is 6.32. The van der Waals surface area contributed by atoms with Crippen LogP contribution in [0.2, 0.25) is 5.02 Å². The number of anilines is 1. The first kappa shape index (κ1) is 14.6. The molecule has 0 radical (unpaired) electrons. The van der Waals surface area contributed by atoms with Gasteiger partial charge in [0.15, 0.2) is 0 Å². The van der Waals surface area contributed by atoms with E-state index in [9.17, 15) is 9.90 Å². The molecule has 0 fully saturated rings. The summed E-state index contributed by atoms with van der Waals surface area (Å²) in [4.78, 5) is 11.4. The molecular formula is C16H13BrClNO2. The highest BCUT2D eigenvalue weighted by Gasteiger charge is 2.19. The Morgan fingerprint density at radius 2 is 2.00 bits per heavy atom. The van der Waals surface area contributed by atoms with Crippen LogP contribution in [0, 0.1) is 0 Å². The molecule has 0 saturated heterocycles. The molecule has 0 saturated carbocycles. The van der Waals surface area contributed by atoms with E-state index < -0.39 is 6.10 Å². The van der Waals surface area contributed by atoms with Crippen molar-refractivity contribution in [2.45, 2.75) is 18.9 Å². The summed E-state index contributed by atoms with van der Waals surface area (Å²) in [6.07, 6.45) is 0.445. The molecule has 1 aliphatic rings. The van der Waals surface area contributed by atoms with Gasteiger partial charge in [-0.25, -0.2) is 0 Å². The Bertz CT molecular complexity index is 717. The molecule has 1 heterocycles. The zero-order valence-electron chi connectivity index (χ0n) is 11.1. The van der Waals surface area contributed by atoms with Crippen molar-refractivity contribution in [3.63, 3.8) is 0 Å². The number of halogens is 2. The van der Waals surface area contributed by atoms with E-state index in [2.05, 4.69) is 21.2 Å². The third-order valence-electron chi connectivity index (χ3n) is 3.60. The molecule has 2 aromatic rings. The largest absolute Gasteiger partial charge is 0.384 e. The van der Waals surface area contributed by atoms with Crippen LogP contribution in [-0.4, -0.2) is 11.0 Å². The monoisotopic (exact) mass is 365 g/mol. The number of benzene rings is 2. The zero-order valence-corrected chi connectivity index (χ0v) is 13.4. The summed E-state index contributed by atoms with van der Waals surface area (Å²) < 4.78 is 0.772. The normalized spacial score (nSPS) is 15.3. The molecule has 0 aromatic heterocycles. The third kappa shape index (κ3) is 2.98. The molecule has 1 atom stereocenters. The fourth-order valence-corrected chi connectivity index (χ4v) is 3.38. The van der Waals surface area contributed by atoms with Crippen LogP contribution >= 0.6 is 27.5 Å². The van der Waals surface area contributed by atoms with E-state index in [0.29, 0.717) is 17.9 Å². The van der Waals surface area contributed by atoms with Crippen molar-refractivity contribution in [2.24, 2.45) is 0 Å². The fourth-order valence-electron chi connectivity index (χ4n) is 2.48. The minimum atomic E-state index is -0.737. The number of carbonyl (C=O) groups is 1. The Kier molecular flexibility index (Phi) is 4.02. The van der Waals surface area contributed by atoms with Crippen molar-refractivity contribution in [3.8, 4) is 0 Å². The van der Waals surface area contributed by atoms with Gasteiger partial charge in [0.1, 0.15) is 6.10 Å². The molecule has 5 heteroatoms. The van der Waals surface area contributed by atoms with Crippen molar-refractivity contribution < 1.29 is 9.90 Å². The number of nitrogens with one attached hydrogen (secondary N) is 1. The van der Waals surface area contributed by atoms with Crippen molar-refractivity contribution >= 4 is 39.1 Å². The number of carbonyl (C=O) groups excluding carboxylic acids is 1. The minimum Gasteiger partial charge on any atom is -0.384 e. The molecule has 1 unspecified atom stereocenters. The number of hydrogen-bond donors (Lipinski definition) is 2. The highest BCUT2D eigenvalue weighted by atomic mass is 79.9. The molecular weight excluding hydrogens is 354 g/mol. The number of rotatable bonds is 2. The fraction of sp³-hybridized carbons (Fsp3) is 0.188. The number of aliphatic hydroxyl groups is 1. The average Bonchev–Trinajstić information content (AvgIpc) is 2.46. The van der Waals surface area contributed by atoms with Crippen molar-refractivity contribution in [1.82, 2.24) is 0 Å². The number of fused-ring (bicyclic) bond motifs is 1. The zero-order chi connectivity index (χ0) is 15.0. The van der Waals surface area contributed by atoms with E-state index >= 15 is 0 Å². The van der Waals surface area contributed by atoms with Gasteiger partial charge in [0.05, 0.1) is 0 Å². The quantitative estimate of drug-likeness (QED) is 0.842. The van der Waals surface area contributed by atoms with Gasteiger partial charge in [0.25, 0.3) is 0 Å². The van der Waals surface area contributed by atoms with E-state index in [4.69, 9.17) is 11.6 Å². The Hall–Kier alpha value is -1.36. The lowest BCUT2D eigenvalue weighted by Crippen LogP contribution is -2.19. The topological polar surface area (TPSA) is 49.3 Å². The average molecular weight is 367 g/mol. The molecule has 21 heavy (non-hydrogen) atoms. The van der Waals surface area contributed by atoms with Crippen molar-refractivity contribution in [1.29, 1.82) is 0 Å². The van der Waals surface area contributed by atoms with Gasteiger partial charge >= 0.3 is 0 Å². The number of aryl methyl sites for hydroxylation is 1. The summed E-state index contributed by atoms with van der Waals surface area (Å²) in [6, 6.07) is 10.9. The smallest absolute Gasteiger partial charge is 0.224 e. The van der Waals surface area contributed by atoms with Crippen molar-refractivity contribution in [3.05, 3.63) is 62.6 Å². The summed E-state index contributed by atoms with van der Waals surface area (Å²) in [7, 11) is 0. The summed E-state index contributed by atoms with van der Waals surface area (Å²) in [6.45, 7) is 0. The summed E-state index contributed by atoms with van der Waals surface area (Å²) in [5.74, 6) is 0.0382. The second kappa shape index (κ2) is 5.79. The summed E-state index contributed by atoms with van der Waals surface area (Å²) in [5, 5.41) is 14.0. The van der Waals surface area contributed by atoms with Gasteiger partial charge in [-0.3, -0.25) is 4.79 Å². The molecule has 0 aliphatic carbocycles. The summed E-state index contributed by atoms with van der Waals surface area (Å²) >= 11 is 9.35. The maximum Gasteiger partial charge on any atom is 0.224 e. The maximum absolute atomic E-state index is 11.4. The van der Waals surface area contributed by atoms with Crippen LogP contribution in [0.3, 0.4) is 0 Å².